The molecule has 6 nitrogen and oxygen atoms in total. The second-order valence-corrected chi connectivity index (χ2v) is 7.66. The fourth-order valence-electron chi connectivity index (χ4n) is 2.73. The quantitative estimate of drug-likeness (QED) is 0.507. The molecule has 0 aromatic heterocycles. The fraction of sp³-hybridized carbons (Fsp3) is 0.100. The van der Waals surface area contributed by atoms with Crippen LogP contribution in [-0.4, -0.2) is 33.1 Å². The van der Waals surface area contributed by atoms with Crippen LogP contribution in [0.5, 0.6) is 0 Å². The SMILES string of the molecule is O=C([O-])c1ccc(/C=C2/SC(=S)N([C@@H](Cc3ccccc3)C(=O)[O-])C2=O)cc1. The third-order valence-corrected chi connectivity index (χ3v) is 5.45. The number of benzene rings is 2. The van der Waals surface area contributed by atoms with Gasteiger partial charge in [-0.2, -0.15) is 0 Å². The monoisotopic (exact) mass is 411 g/mol. The van der Waals surface area contributed by atoms with Gasteiger partial charge in [0.05, 0.1) is 22.9 Å². The van der Waals surface area contributed by atoms with Gasteiger partial charge in [0.1, 0.15) is 4.32 Å². The number of aliphatic carboxylic acids is 1. The molecule has 1 amide bonds. The van der Waals surface area contributed by atoms with Crippen LogP contribution in [0.25, 0.3) is 6.08 Å². The molecule has 28 heavy (non-hydrogen) atoms. The second-order valence-electron chi connectivity index (χ2n) is 5.99. The molecular formula is C20H13NO5S2-2. The molecule has 3 rings (SSSR count). The highest BCUT2D eigenvalue weighted by Gasteiger charge is 2.37. The van der Waals surface area contributed by atoms with E-state index < -0.39 is 23.9 Å². The molecule has 0 unspecified atom stereocenters. The summed E-state index contributed by atoms with van der Waals surface area (Å²) in [6, 6.07) is 13.5. The van der Waals surface area contributed by atoms with E-state index in [1.807, 2.05) is 6.07 Å². The van der Waals surface area contributed by atoms with Crippen molar-refractivity contribution in [2.75, 3.05) is 0 Å². The fourth-order valence-corrected chi connectivity index (χ4v) is 4.09. The Morgan fingerprint density at radius 3 is 2.29 bits per heavy atom. The Hall–Kier alpha value is -2.97. The van der Waals surface area contributed by atoms with Crippen LogP contribution in [0.3, 0.4) is 0 Å². The predicted molar refractivity (Wildman–Crippen MR) is 105 cm³/mol. The van der Waals surface area contributed by atoms with Gasteiger partial charge in [0.2, 0.25) is 0 Å². The van der Waals surface area contributed by atoms with Crippen LogP contribution in [0, 0.1) is 0 Å². The third kappa shape index (κ3) is 4.29. The van der Waals surface area contributed by atoms with Gasteiger partial charge in [-0.05, 0) is 29.2 Å². The van der Waals surface area contributed by atoms with Crippen LogP contribution < -0.4 is 10.2 Å². The van der Waals surface area contributed by atoms with Crippen molar-refractivity contribution in [2.24, 2.45) is 0 Å². The zero-order valence-corrected chi connectivity index (χ0v) is 16.0. The Morgan fingerprint density at radius 1 is 1.07 bits per heavy atom. The predicted octanol–water partition coefficient (Wildman–Crippen LogP) is 0.612. The minimum Gasteiger partial charge on any atom is -0.548 e. The average molecular weight is 411 g/mol. The molecule has 0 spiro atoms. The molecule has 0 radical (unpaired) electrons. The van der Waals surface area contributed by atoms with Crippen molar-refractivity contribution in [3.05, 3.63) is 76.2 Å². The number of nitrogens with zero attached hydrogens (tertiary/aromatic N) is 1. The number of rotatable bonds is 6. The third-order valence-electron chi connectivity index (χ3n) is 4.12. The highest BCUT2D eigenvalue weighted by Crippen LogP contribution is 2.34. The lowest BCUT2D eigenvalue weighted by molar-refractivity contribution is -0.310. The zero-order chi connectivity index (χ0) is 20.3. The molecule has 142 valence electrons. The first-order valence-electron chi connectivity index (χ1n) is 8.20. The van der Waals surface area contributed by atoms with Crippen molar-refractivity contribution >= 4 is 52.2 Å². The van der Waals surface area contributed by atoms with Crippen LogP contribution in [0.15, 0.2) is 59.5 Å². The van der Waals surface area contributed by atoms with Crippen LogP contribution in [0.4, 0.5) is 0 Å². The van der Waals surface area contributed by atoms with E-state index in [0.29, 0.717) is 5.56 Å². The summed E-state index contributed by atoms with van der Waals surface area (Å²) in [7, 11) is 0. The Morgan fingerprint density at radius 2 is 1.71 bits per heavy atom. The van der Waals surface area contributed by atoms with Crippen molar-refractivity contribution in [1.29, 1.82) is 0 Å². The summed E-state index contributed by atoms with van der Waals surface area (Å²) >= 11 is 6.22. The van der Waals surface area contributed by atoms with Gasteiger partial charge < -0.3 is 19.8 Å². The van der Waals surface area contributed by atoms with Gasteiger partial charge in [-0.15, -0.1) is 0 Å². The van der Waals surface area contributed by atoms with Crippen LogP contribution in [0.2, 0.25) is 0 Å². The molecule has 1 atom stereocenters. The molecule has 8 heteroatoms. The van der Waals surface area contributed by atoms with Crippen LogP contribution >= 0.6 is 24.0 Å². The standard InChI is InChI=1S/C20H15NO5S2/c22-17-16(11-13-6-8-14(9-7-13)18(23)24)28-20(27)21(17)15(19(25)26)10-12-4-2-1-3-5-12/h1-9,11,15H,10H2,(H,23,24)(H,25,26)/p-2/b16-11+/t15-/m0/s1. The first-order valence-corrected chi connectivity index (χ1v) is 9.42. The first kappa shape index (κ1) is 19.8. The lowest BCUT2D eigenvalue weighted by atomic mass is 10.0. The molecule has 0 saturated carbocycles. The smallest absolute Gasteiger partial charge is 0.266 e. The normalized spacial score (nSPS) is 16.4. The summed E-state index contributed by atoms with van der Waals surface area (Å²) < 4.78 is 0.132. The average Bonchev–Trinajstić information content (AvgIpc) is 2.94. The highest BCUT2D eigenvalue weighted by molar-refractivity contribution is 8.26. The van der Waals surface area contributed by atoms with Crippen LogP contribution in [-0.2, 0) is 16.0 Å². The number of aromatic carboxylic acids is 1. The van der Waals surface area contributed by atoms with Gasteiger partial charge in [-0.3, -0.25) is 9.69 Å². The Labute approximate surface area is 170 Å². The molecule has 0 N–H and O–H groups in total. The number of carboxylic acids is 2. The molecule has 2 aromatic carbocycles. The first-order chi connectivity index (χ1) is 13.4. The van der Waals surface area contributed by atoms with Gasteiger partial charge >= 0.3 is 0 Å². The lowest BCUT2D eigenvalue weighted by Crippen LogP contribution is -2.51. The number of hydrogen-bond donors (Lipinski definition) is 0. The zero-order valence-electron chi connectivity index (χ0n) is 14.4. The second kappa shape index (κ2) is 8.37. The Balaban J connectivity index is 1.85. The number of carbonyl (C=O) groups is 3. The van der Waals surface area contributed by atoms with E-state index in [1.165, 1.54) is 30.3 Å². The molecule has 1 saturated heterocycles. The van der Waals surface area contributed by atoms with Crippen molar-refractivity contribution in [2.45, 2.75) is 12.5 Å². The largest absolute Gasteiger partial charge is 0.548 e. The van der Waals surface area contributed by atoms with Gasteiger partial charge in [-0.1, -0.05) is 78.6 Å². The minimum absolute atomic E-state index is 0.0181. The summed E-state index contributed by atoms with van der Waals surface area (Å²) in [4.78, 5) is 36.6. The van der Waals surface area contributed by atoms with E-state index in [2.05, 4.69) is 0 Å². The lowest BCUT2D eigenvalue weighted by Gasteiger charge is -2.27. The highest BCUT2D eigenvalue weighted by atomic mass is 32.2. The number of thioether (sulfide) groups is 1. The Kier molecular flexibility index (Phi) is 5.91. The van der Waals surface area contributed by atoms with E-state index in [-0.39, 0.29) is 21.2 Å². The molecule has 2 aromatic rings. The molecule has 1 heterocycles. The van der Waals surface area contributed by atoms with Gasteiger partial charge in [0.25, 0.3) is 5.91 Å². The number of amides is 1. The van der Waals surface area contributed by atoms with Gasteiger partial charge in [0, 0.05) is 0 Å². The summed E-state index contributed by atoms with van der Waals surface area (Å²) in [5, 5.41) is 22.5. The van der Waals surface area contributed by atoms with Crippen molar-refractivity contribution in [3.63, 3.8) is 0 Å². The maximum Gasteiger partial charge on any atom is 0.266 e. The topological polar surface area (TPSA) is 101 Å². The number of thiocarbonyl (C=S) groups is 1. The molecule has 1 aliphatic rings. The summed E-state index contributed by atoms with van der Waals surface area (Å²) in [6.07, 6.45) is 1.61. The molecule has 1 fully saturated rings. The number of carboxylic acid groups (broad SMARTS) is 2. The van der Waals surface area contributed by atoms with Gasteiger partial charge in [-0.25, -0.2) is 0 Å². The molecule has 1 aliphatic heterocycles. The Bertz CT molecular complexity index is 970. The molecular weight excluding hydrogens is 398 g/mol. The maximum atomic E-state index is 12.8. The van der Waals surface area contributed by atoms with E-state index in [4.69, 9.17) is 12.2 Å². The van der Waals surface area contributed by atoms with E-state index in [0.717, 1.165) is 22.2 Å². The number of carbonyl (C=O) groups excluding carboxylic acids is 3. The molecule has 0 aliphatic carbocycles. The van der Waals surface area contributed by atoms with Crippen molar-refractivity contribution in [3.8, 4) is 0 Å². The number of hydrogen-bond acceptors (Lipinski definition) is 7. The van der Waals surface area contributed by atoms with E-state index in [1.54, 1.807) is 24.3 Å². The van der Waals surface area contributed by atoms with Crippen molar-refractivity contribution < 1.29 is 24.6 Å². The summed E-state index contributed by atoms with van der Waals surface area (Å²) in [5.74, 6) is -3.21. The maximum absolute atomic E-state index is 12.8. The van der Waals surface area contributed by atoms with E-state index >= 15 is 0 Å². The molecule has 0 bridgehead atoms. The van der Waals surface area contributed by atoms with Crippen molar-refractivity contribution in [1.82, 2.24) is 4.90 Å². The van der Waals surface area contributed by atoms with Gasteiger partial charge in [0.15, 0.2) is 0 Å². The summed E-state index contributed by atoms with van der Waals surface area (Å²) in [6.45, 7) is 0. The minimum atomic E-state index is -1.39. The summed E-state index contributed by atoms with van der Waals surface area (Å²) in [5.41, 5.74) is 1.34. The van der Waals surface area contributed by atoms with Crippen LogP contribution in [0.1, 0.15) is 21.5 Å². The van der Waals surface area contributed by atoms with E-state index in [9.17, 15) is 24.6 Å².